The lowest BCUT2D eigenvalue weighted by atomic mass is 9.44. The molecule has 0 saturated heterocycles. The zero-order valence-corrected chi connectivity index (χ0v) is 23.2. The average Bonchev–Trinajstić information content (AvgIpc) is 3.08. The van der Waals surface area contributed by atoms with E-state index in [2.05, 4.69) is 53.7 Å². The Morgan fingerprint density at radius 1 is 1.11 bits per heavy atom. The predicted octanol–water partition coefficient (Wildman–Crippen LogP) is 6.59. The Kier molecular flexibility index (Phi) is 6.57. The molecule has 4 nitrogen and oxygen atoms in total. The van der Waals surface area contributed by atoms with Gasteiger partial charge in [0.05, 0.1) is 13.2 Å². The van der Waals surface area contributed by atoms with Crippen LogP contribution in [0.5, 0.6) is 0 Å². The first-order valence-electron chi connectivity index (χ1n) is 13.6. The number of methoxy groups -OCH3 is 1. The van der Waals surface area contributed by atoms with E-state index < -0.39 is 5.97 Å². The van der Waals surface area contributed by atoms with E-state index in [0.717, 1.165) is 38.5 Å². The number of aliphatic hydroxyl groups excluding tert-OH is 1. The monoisotopic (exact) mass is 482 g/mol. The Balaban J connectivity index is 1.61. The van der Waals surface area contributed by atoms with Gasteiger partial charge in [-0.3, -0.25) is 4.79 Å². The van der Waals surface area contributed by atoms with Crippen LogP contribution in [0, 0.1) is 39.4 Å². The maximum Gasteiger partial charge on any atom is 0.333 e. The molecule has 0 unspecified atom stereocenters. The van der Waals surface area contributed by atoms with Gasteiger partial charge >= 0.3 is 5.97 Å². The van der Waals surface area contributed by atoms with Gasteiger partial charge in [0, 0.05) is 17.4 Å². The molecule has 0 bridgehead atoms. The Morgan fingerprint density at radius 3 is 2.46 bits per heavy atom. The number of allylic oxidation sites excluding steroid dienone is 5. The second-order valence-electron chi connectivity index (χ2n) is 13.4. The molecule has 0 radical (unpaired) electrons. The Labute approximate surface area is 212 Å². The third-order valence-electron chi connectivity index (χ3n) is 11.3. The molecule has 7 atom stereocenters. The van der Waals surface area contributed by atoms with E-state index in [9.17, 15) is 14.7 Å². The fraction of sp³-hybridized carbons (Fsp3) is 0.742. The summed E-state index contributed by atoms with van der Waals surface area (Å²) in [6.45, 7) is 15.7. The van der Waals surface area contributed by atoms with Crippen molar-refractivity contribution in [3.05, 3.63) is 34.9 Å². The lowest BCUT2D eigenvalue weighted by Gasteiger charge is -2.61. The van der Waals surface area contributed by atoms with Crippen molar-refractivity contribution in [2.75, 3.05) is 7.11 Å². The number of carbonyl (C=O) groups excluding carboxylic acids is 2. The van der Waals surface area contributed by atoms with Gasteiger partial charge < -0.3 is 9.84 Å². The van der Waals surface area contributed by atoms with Gasteiger partial charge in [-0.25, -0.2) is 4.79 Å². The molecule has 4 aliphatic carbocycles. The normalized spacial score (nSPS) is 41.1. The molecule has 1 N–H and O–H groups in total. The number of fused-ring (bicyclic) bond motifs is 5. The van der Waals surface area contributed by atoms with Crippen molar-refractivity contribution >= 4 is 11.8 Å². The van der Waals surface area contributed by atoms with Crippen LogP contribution in [0.15, 0.2) is 34.9 Å². The summed E-state index contributed by atoms with van der Waals surface area (Å²) < 4.78 is 4.75. The highest BCUT2D eigenvalue weighted by atomic mass is 16.5. The van der Waals surface area contributed by atoms with Gasteiger partial charge in [0.2, 0.25) is 0 Å². The van der Waals surface area contributed by atoms with Crippen molar-refractivity contribution in [2.45, 2.75) is 99.5 Å². The van der Waals surface area contributed by atoms with Crippen LogP contribution in [0.25, 0.3) is 0 Å². The van der Waals surface area contributed by atoms with Crippen molar-refractivity contribution < 1.29 is 19.4 Å². The number of hydrogen-bond donors (Lipinski definition) is 1. The lowest BCUT2D eigenvalue weighted by molar-refractivity contribution is -0.136. The molecule has 0 aromatic rings. The fourth-order valence-electron chi connectivity index (χ4n) is 8.78. The summed E-state index contributed by atoms with van der Waals surface area (Å²) in [6.07, 6.45) is 13.1. The maximum absolute atomic E-state index is 12.8. The van der Waals surface area contributed by atoms with E-state index in [1.165, 1.54) is 18.8 Å². The lowest BCUT2D eigenvalue weighted by Crippen LogP contribution is -2.55. The highest BCUT2D eigenvalue weighted by Crippen LogP contribution is 2.70. The summed E-state index contributed by atoms with van der Waals surface area (Å²) in [5.74, 6) is 0.783. The summed E-state index contributed by atoms with van der Waals surface area (Å²) in [4.78, 5) is 24.5. The summed E-state index contributed by atoms with van der Waals surface area (Å²) in [6, 6.07) is 0. The molecule has 2 fully saturated rings. The SMILES string of the molecule is COC(=O)/C(C)=C/C(=O)C[C@@H](C)[C@]1(C)CC[C@@]2(C)C3=CC[C@H]4C(C)(C)[C@H](O)CC[C@]4(C)[C@@H]3CC=C21. The molecule has 0 aliphatic heterocycles. The smallest absolute Gasteiger partial charge is 0.333 e. The van der Waals surface area contributed by atoms with Crippen molar-refractivity contribution in [1.29, 1.82) is 0 Å². The van der Waals surface area contributed by atoms with Crippen molar-refractivity contribution in [3.8, 4) is 0 Å². The van der Waals surface area contributed by atoms with Crippen LogP contribution in [0.3, 0.4) is 0 Å². The van der Waals surface area contributed by atoms with E-state index in [1.807, 2.05) is 0 Å². The van der Waals surface area contributed by atoms with Gasteiger partial charge in [-0.1, -0.05) is 64.8 Å². The molecular formula is C31H46O4. The van der Waals surface area contributed by atoms with Crippen LogP contribution in [0.2, 0.25) is 0 Å². The Bertz CT molecular complexity index is 999. The van der Waals surface area contributed by atoms with Crippen LogP contribution in [0.4, 0.5) is 0 Å². The van der Waals surface area contributed by atoms with Gasteiger partial charge in [0.15, 0.2) is 5.78 Å². The van der Waals surface area contributed by atoms with Crippen LogP contribution < -0.4 is 0 Å². The molecule has 2 saturated carbocycles. The summed E-state index contributed by atoms with van der Waals surface area (Å²) in [5, 5.41) is 10.8. The molecule has 0 aromatic carbocycles. The molecule has 0 heterocycles. The molecule has 0 aromatic heterocycles. The van der Waals surface area contributed by atoms with E-state index >= 15 is 0 Å². The number of carbonyl (C=O) groups is 2. The number of esters is 1. The van der Waals surface area contributed by atoms with Gasteiger partial charge in [-0.2, -0.15) is 0 Å². The number of hydrogen-bond acceptors (Lipinski definition) is 4. The maximum atomic E-state index is 12.8. The minimum atomic E-state index is -0.443. The van der Waals surface area contributed by atoms with Crippen molar-refractivity contribution in [2.24, 2.45) is 39.4 Å². The topological polar surface area (TPSA) is 63.6 Å². The average molecular weight is 483 g/mol. The van der Waals surface area contributed by atoms with E-state index in [1.54, 1.807) is 12.5 Å². The predicted molar refractivity (Wildman–Crippen MR) is 140 cm³/mol. The van der Waals surface area contributed by atoms with E-state index in [-0.39, 0.29) is 39.5 Å². The number of ketones is 1. The Morgan fingerprint density at radius 2 is 1.80 bits per heavy atom. The number of rotatable bonds is 5. The van der Waals surface area contributed by atoms with E-state index in [4.69, 9.17) is 4.74 Å². The zero-order valence-electron chi connectivity index (χ0n) is 23.2. The molecular weight excluding hydrogens is 436 g/mol. The first-order chi connectivity index (χ1) is 16.2. The van der Waals surface area contributed by atoms with Crippen LogP contribution in [-0.4, -0.2) is 30.1 Å². The van der Waals surface area contributed by atoms with Gasteiger partial charge in [-0.15, -0.1) is 0 Å². The standard InChI is InChI=1S/C31H46O4/c1-19(27(34)35-8)17-21(32)18-20(2)29(5)15-16-31(7)23-9-11-24-28(3,4)26(33)13-14-30(24,6)22(23)10-12-25(29)31/h9,12,17,20,22,24,26,33H,10-11,13-16,18H2,1-8H3/b19-17+/t20-,22-,24+,26-,29+,30-,31+/m1/s1. The van der Waals surface area contributed by atoms with Gasteiger partial charge in [-0.05, 0) is 85.5 Å². The highest BCUT2D eigenvalue weighted by Gasteiger charge is 2.61. The van der Waals surface area contributed by atoms with E-state index in [0.29, 0.717) is 23.8 Å². The molecule has 4 aliphatic rings. The summed E-state index contributed by atoms with van der Waals surface area (Å²) in [5.41, 5.74) is 3.71. The third kappa shape index (κ3) is 3.90. The minimum absolute atomic E-state index is 0.000237. The second kappa shape index (κ2) is 8.71. The summed E-state index contributed by atoms with van der Waals surface area (Å²) in [7, 11) is 1.34. The second-order valence-corrected chi connectivity index (χ2v) is 13.4. The summed E-state index contributed by atoms with van der Waals surface area (Å²) >= 11 is 0. The molecule has 194 valence electrons. The molecule has 0 spiro atoms. The largest absolute Gasteiger partial charge is 0.466 e. The third-order valence-corrected chi connectivity index (χ3v) is 11.3. The molecule has 4 heteroatoms. The highest BCUT2D eigenvalue weighted by molar-refractivity contribution is 5.99. The minimum Gasteiger partial charge on any atom is -0.466 e. The first kappa shape index (κ1) is 26.4. The molecule has 35 heavy (non-hydrogen) atoms. The number of aliphatic hydroxyl groups is 1. The fourth-order valence-corrected chi connectivity index (χ4v) is 8.78. The first-order valence-corrected chi connectivity index (χ1v) is 13.6. The van der Waals surface area contributed by atoms with Crippen molar-refractivity contribution in [3.63, 3.8) is 0 Å². The molecule has 0 amide bonds. The molecule has 4 rings (SSSR count). The van der Waals surface area contributed by atoms with Crippen LogP contribution in [-0.2, 0) is 14.3 Å². The van der Waals surface area contributed by atoms with Crippen LogP contribution in [0.1, 0.15) is 93.4 Å². The van der Waals surface area contributed by atoms with Crippen LogP contribution >= 0.6 is 0 Å². The Hall–Kier alpha value is -1.68. The van der Waals surface area contributed by atoms with Gasteiger partial charge in [0.25, 0.3) is 0 Å². The number of ether oxygens (including phenoxy) is 1. The van der Waals surface area contributed by atoms with Gasteiger partial charge in [0.1, 0.15) is 0 Å². The zero-order chi connectivity index (χ0) is 26.0. The van der Waals surface area contributed by atoms with Crippen molar-refractivity contribution in [1.82, 2.24) is 0 Å². The quantitative estimate of drug-likeness (QED) is 0.273.